The van der Waals surface area contributed by atoms with Crippen molar-refractivity contribution in [1.82, 2.24) is 0 Å². The summed E-state index contributed by atoms with van der Waals surface area (Å²) in [6.07, 6.45) is -1.98. The van der Waals surface area contributed by atoms with Crippen molar-refractivity contribution in [3.8, 4) is 0 Å². The second kappa shape index (κ2) is 3.80. The normalized spacial score (nSPS) is 19.7. The van der Waals surface area contributed by atoms with Crippen LogP contribution in [0.5, 0.6) is 0 Å². The highest BCUT2D eigenvalue weighted by atomic mass is 19.1. The number of carboxylic acid groups (broad SMARTS) is 1. The van der Waals surface area contributed by atoms with Crippen LogP contribution in [0.3, 0.4) is 0 Å². The quantitative estimate of drug-likeness (QED) is 0.822. The van der Waals surface area contributed by atoms with Gasteiger partial charge >= 0.3 is 12.1 Å². The highest BCUT2D eigenvalue weighted by Crippen LogP contribution is 2.22. The molecule has 84 valence electrons. The van der Waals surface area contributed by atoms with E-state index in [1.165, 1.54) is 18.2 Å². The summed E-state index contributed by atoms with van der Waals surface area (Å²) in [6, 6.07) is 5.33. The number of anilines is 1. The average molecular weight is 225 g/mol. The number of rotatable bonds is 2. The van der Waals surface area contributed by atoms with Gasteiger partial charge in [-0.2, -0.15) is 0 Å². The molecule has 0 bridgehead atoms. The molecule has 2 rings (SSSR count). The van der Waals surface area contributed by atoms with Gasteiger partial charge in [-0.1, -0.05) is 6.07 Å². The van der Waals surface area contributed by atoms with E-state index in [0.717, 1.165) is 11.0 Å². The summed E-state index contributed by atoms with van der Waals surface area (Å²) in [4.78, 5) is 23.0. The SMILES string of the molecule is O=C(O)[C@H]1CN(c2cccc(F)c2)C(=O)O1. The van der Waals surface area contributed by atoms with Gasteiger partial charge in [-0.15, -0.1) is 0 Å². The fourth-order valence-corrected chi connectivity index (χ4v) is 1.45. The van der Waals surface area contributed by atoms with Crippen molar-refractivity contribution in [2.45, 2.75) is 6.10 Å². The lowest BCUT2D eigenvalue weighted by molar-refractivity contribution is -0.144. The minimum absolute atomic E-state index is 0.113. The fraction of sp³-hybridized carbons (Fsp3) is 0.200. The molecule has 1 aliphatic rings. The third kappa shape index (κ3) is 1.81. The van der Waals surface area contributed by atoms with E-state index in [4.69, 9.17) is 5.11 Å². The van der Waals surface area contributed by atoms with Gasteiger partial charge in [-0.25, -0.2) is 14.0 Å². The van der Waals surface area contributed by atoms with Crippen LogP contribution in [-0.2, 0) is 9.53 Å². The summed E-state index contributed by atoms with van der Waals surface area (Å²) >= 11 is 0. The molecule has 0 unspecified atom stereocenters. The second-order valence-corrected chi connectivity index (χ2v) is 3.30. The Hall–Kier alpha value is -2.11. The number of carbonyl (C=O) groups excluding carboxylic acids is 1. The van der Waals surface area contributed by atoms with Crippen LogP contribution < -0.4 is 4.90 Å². The van der Waals surface area contributed by atoms with E-state index < -0.39 is 24.0 Å². The molecule has 1 atom stereocenters. The first-order valence-electron chi connectivity index (χ1n) is 4.54. The number of benzene rings is 1. The summed E-state index contributed by atoms with van der Waals surface area (Å²) in [5.41, 5.74) is 0.286. The zero-order chi connectivity index (χ0) is 11.7. The highest BCUT2D eigenvalue weighted by molar-refractivity contribution is 5.93. The highest BCUT2D eigenvalue weighted by Gasteiger charge is 2.36. The number of hydrogen-bond acceptors (Lipinski definition) is 3. The molecule has 0 radical (unpaired) electrons. The van der Waals surface area contributed by atoms with Crippen LogP contribution in [0, 0.1) is 5.82 Å². The van der Waals surface area contributed by atoms with Crippen LogP contribution in [0.4, 0.5) is 14.9 Å². The molecule has 1 aromatic rings. The van der Waals surface area contributed by atoms with E-state index in [0.29, 0.717) is 0 Å². The van der Waals surface area contributed by atoms with E-state index in [-0.39, 0.29) is 12.2 Å². The van der Waals surface area contributed by atoms with Crippen LogP contribution in [0.2, 0.25) is 0 Å². The molecular weight excluding hydrogens is 217 g/mol. The number of hydrogen-bond donors (Lipinski definition) is 1. The average Bonchev–Trinajstić information content (AvgIpc) is 2.60. The molecule has 6 heteroatoms. The molecule has 1 heterocycles. The lowest BCUT2D eigenvalue weighted by Gasteiger charge is -2.11. The molecular formula is C10H8FNO4. The number of nitrogens with zero attached hydrogens (tertiary/aromatic N) is 1. The van der Waals surface area contributed by atoms with E-state index >= 15 is 0 Å². The zero-order valence-electron chi connectivity index (χ0n) is 8.09. The van der Waals surface area contributed by atoms with E-state index in [1.54, 1.807) is 0 Å². The Morgan fingerprint density at radius 2 is 2.31 bits per heavy atom. The first kappa shape index (κ1) is 10.4. The van der Waals surface area contributed by atoms with Crippen LogP contribution in [-0.4, -0.2) is 29.8 Å². The minimum atomic E-state index is -1.22. The molecule has 16 heavy (non-hydrogen) atoms. The van der Waals surface area contributed by atoms with Crippen LogP contribution in [0.15, 0.2) is 24.3 Å². The molecule has 5 nitrogen and oxygen atoms in total. The standard InChI is InChI=1S/C10H8FNO4/c11-6-2-1-3-7(4-6)12-5-8(9(13)14)16-10(12)15/h1-4,8H,5H2,(H,13,14)/t8-/m1/s1. The van der Waals surface area contributed by atoms with Gasteiger partial charge in [0.05, 0.1) is 12.2 Å². The Balaban J connectivity index is 2.23. The number of halogens is 1. The predicted octanol–water partition coefficient (Wildman–Crippen LogP) is 1.24. The lowest BCUT2D eigenvalue weighted by atomic mass is 10.2. The van der Waals surface area contributed by atoms with E-state index in [1.807, 2.05) is 0 Å². The smallest absolute Gasteiger partial charge is 0.415 e. The van der Waals surface area contributed by atoms with Gasteiger partial charge in [0.2, 0.25) is 6.10 Å². The van der Waals surface area contributed by atoms with Gasteiger partial charge in [0.1, 0.15) is 5.82 Å². The molecule has 0 spiro atoms. The van der Waals surface area contributed by atoms with Crippen molar-refractivity contribution in [2.75, 3.05) is 11.4 Å². The first-order chi connectivity index (χ1) is 7.58. The van der Waals surface area contributed by atoms with Crippen molar-refractivity contribution < 1.29 is 23.8 Å². The minimum Gasteiger partial charge on any atom is -0.478 e. The monoisotopic (exact) mass is 225 g/mol. The number of amides is 1. The molecule has 1 amide bonds. The zero-order valence-corrected chi connectivity index (χ0v) is 8.09. The summed E-state index contributed by atoms with van der Waals surface area (Å²) in [6.45, 7) is -0.113. The van der Waals surface area contributed by atoms with Crippen LogP contribution >= 0.6 is 0 Å². The molecule has 0 aromatic heterocycles. The van der Waals surface area contributed by atoms with Gasteiger partial charge < -0.3 is 9.84 Å². The molecule has 1 aromatic carbocycles. The number of cyclic esters (lactones) is 1. The maximum atomic E-state index is 12.9. The topological polar surface area (TPSA) is 66.8 Å². The van der Waals surface area contributed by atoms with Crippen LogP contribution in [0.1, 0.15) is 0 Å². The Labute approximate surface area is 90.0 Å². The summed E-state index contributed by atoms with van der Waals surface area (Å²) in [5.74, 6) is -1.71. The number of carboxylic acids is 1. The predicted molar refractivity (Wildman–Crippen MR) is 51.7 cm³/mol. The van der Waals surface area contributed by atoms with Crippen molar-refractivity contribution in [2.24, 2.45) is 0 Å². The van der Waals surface area contributed by atoms with Crippen molar-refractivity contribution in [3.05, 3.63) is 30.1 Å². The van der Waals surface area contributed by atoms with E-state index in [9.17, 15) is 14.0 Å². The van der Waals surface area contributed by atoms with Gasteiger partial charge in [0.25, 0.3) is 0 Å². The lowest BCUT2D eigenvalue weighted by Crippen LogP contribution is -2.27. The number of ether oxygens (including phenoxy) is 1. The first-order valence-corrected chi connectivity index (χ1v) is 4.54. The van der Waals surface area contributed by atoms with Gasteiger partial charge in [0, 0.05) is 0 Å². The maximum Gasteiger partial charge on any atom is 0.415 e. The number of aliphatic carboxylic acids is 1. The van der Waals surface area contributed by atoms with Gasteiger partial charge in [-0.05, 0) is 18.2 Å². The number of carbonyl (C=O) groups is 2. The van der Waals surface area contributed by atoms with E-state index in [2.05, 4.69) is 4.74 Å². The van der Waals surface area contributed by atoms with Crippen LogP contribution in [0.25, 0.3) is 0 Å². The molecule has 1 fully saturated rings. The molecule has 1 N–H and O–H groups in total. The van der Waals surface area contributed by atoms with Crippen molar-refractivity contribution in [3.63, 3.8) is 0 Å². The third-order valence-corrected chi connectivity index (χ3v) is 2.21. The summed E-state index contributed by atoms with van der Waals surface area (Å²) < 4.78 is 17.5. The Bertz CT molecular complexity index is 448. The Morgan fingerprint density at radius 3 is 2.88 bits per heavy atom. The Kier molecular flexibility index (Phi) is 2.47. The summed E-state index contributed by atoms with van der Waals surface area (Å²) in [5, 5.41) is 8.67. The van der Waals surface area contributed by atoms with Gasteiger partial charge in [0.15, 0.2) is 0 Å². The third-order valence-electron chi connectivity index (χ3n) is 2.21. The Morgan fingerprint density at radius 1 is 1.56 bits per heavy atom. The molecule has 1 saturated heterocycles. The second-order valence-electron chi connectivity index (χ2n) is 3.30. The molecule has 1 aliphatic heterocycles. The summed E-state index contributed by atoms with van der Waals surface area (Å²) in [7, 11) is 0. The van der Waals surface area contributed by atoms with Crippen molar-refractivity contribution >= 4 is 17.7 Å². The molecule has 0 saturated carbocycles. The molecule has 0 aliphatic carbocycles. The van der Waals surface area contributed by atoms with Gasteiger partial charge in [-0.3, -0.25) is 4.90 Å². The fourth-order valence-electron chi connectivity index (χ4n) is 1.45. The van der Waals surface area contributed by atoms with Crippen molar-refractivity contribution in [1.29, 1.82) is 0 Å². The largest absolute Gasteiger partial charge is 0.478 e. The maximum absolute atomic E-state index is 12.9.